The van der Waals surface area contributed by atoms with Gasteiger partial charge in [-0.15, -0.1) is 0 Å². The number of nitrogens with two attached hydrogens (primary N) is 1. The molecule has 0 spiro atoms. The van der Waals surface area contributed by atoms with Gasteiger partial charge in [0.25, 0.3) is 5.56 Å². The number of nitrogens with zero attached hydrogens (tertiary/aromatic N) is 2. The molecule has 1 saturated carbocycles. The van der Waals surface area contributed by atoms with E-state index < -0.39 is 0 Å². The maximum Gasteiger partial charge on any atom is 0.283 e. The van der Waals surface area contributed by atoms with Crippen molar-refractivity contribution in [3.05, 3.63) is 21.0 Å². The molecule has 6 heteroatoms. The van der Waals surface area contributed by atoms with Crippen LogP contribution in [-0.4, -0.2) is 21.9 Å². The first-order valence-corrected chi connectivity index (χ1v) is 7.18. The summed E-state index contributed by atoms with van der Waals surface area (Å²) in [7, 11) is 0. The average Bonchev–Trinajstić information content (AvgIpc) is 2.38. The van der Waals surface area contributed by atoms with E-state index in [1.807, 2.05) is 6.92 Å². The number of aromatic nitrogens is 2. The molecule has 0 saturated heterocycles. The Kier molecular flexibility index (Phi) is 4.40. The van der Waals surface area contributed by atoms with Crippen LogP contribution >= 0.6 is 15.9 Å². The summed E-state index contributed by atoms with van der Waals surface area (Å²) in [6, 6.07) is 0.720. The Morgan fingerprint density at radius 2 is 2.17 bits per heavy atom. The molecule has 1 aliphatic rings. The SMILES string of the molecule is CCn1ncc(NC2CCC(N)CC2)c(Br)c1=O. The summed E-state index contributed by atoms with van der Waals surface area (Å²) in [6.45, 7) is 2.48. The van der Waals surface area contributed by atoms with Crippen LogP contribution in [0.5, 0.6) is 0 Å². The highest BCUT2D eigenvalue weighted by Crippen LogP contribution is 2.23. The Morgan fingerprint density at radius 3 is 2.78 bits per heavy atom. The summed E-state index contributed by atoms with van der Waals surface area (Å²) in [5, 5.41) is 7.51. The van der Waals surface area contributed by atoms with Crippen LogP contribution in [0.2, 0.25) is 0 Å². The van der Waals surface area contributed by atoms with E-state index in [9.17, 15) is 4.79 Å². The molecule has 0 atom stereocenters. The van der Waals surface area contributed by atoms with Gasteiger partial charge in [0.1, 0.15) is 4.47 Å². The van der Waals surface area contributed by atoms with Gasteiger partial charge in [-0.3, -0.25) is 4.79 Å². The fraction of sp³-hybridized carbons (Fsp3) is 0.667. The Bertz CT molecular complexity index is 466. The zero-order chi connectivity index (χ0) is 13.1. The Balaban J connectivity index is 2.10. The smallest absolute Gasteiger partial charge is 0.283 e. The molecule has 0 bridgehead atoms. The highest BCUT2D eigenvalue weighted by atomic mass is 79.9. The van der Waals surface area contributed by atoms with Crippen molar-refractivity contribution in [3.63, 3.8) is 0 Å². The molecule has 1 heterocycles. The number of nitrogens with one attached hydrogen (secondary N) is 1. The fourth-order valence-corrected chi connectivity index (χ4v) is 2.70. The predicted molar refractivity (Wildman–Crippen MR) is 75.7 cm³/mol. The third kappa shape index (κ3) is 2.92. The average molecular weight is 315 g/mol. The van der Waals surface area contributed by atoms with Gasteiger partial charge in [-0.05, 0) is 48.5 Å². The zero-order valence-corrected chi connectivity index (χ0v) is 12.1. The van der Waals surface area contributed by atoms with Crippen molar-refractivity contribution >= 4 is 21.6 Å². The van der Waals surface area contributed by atoms with Crippen LogP contribution in [0.15, 0.2) is 15.5 Å². The van der Waals surface area contributed by atoms with Gasteiger partial charge in [0.15, 0.2) is 0 Å². The second-order valence-electron chi connectivity index (χ2n) is 4.75. The van der Waals surface area contributed by atoms with Crippen LogP contribution < -0.4 is 16.6 Å². The van der Waals surface area contributed by atoms with Crippen LogP contribution in [0.4, 0.5) is 5.69 Å². The van der Waals surface area contributed by atoms with Gasteiger partial charge in [-0.25, -0.2) is 4.68 Å². The molecule has 0 aromatic carbocycles. The third-order valence-electron chi connectivity index (χ3n) is 3.42. The van der Waals surface area contributed by atoms with E-state index in [2.05, 4.69) is 26.3 Å². The van der Waals surface area contributed by atoms with Crippen LogP contribution in [0.25, 0.3) is 0 Å². The summed E-state index contributed by atoms with van der Waals surface area (Å²) < 4.78 is 2.00. The second-order valence-corrected chi connectivity index (χ2v) is 5.54. The minimum atomic E-state index is -0.0880. The van der Waals surface area contributed by atoms with Crippen molar-refractivity contribution in [2.24, 2.45) is 5.73 Å². The van der Waals surface area contributed by atoms with Gasteiger partial charge in [-0.2, -0.15) is 5.10 Å². The summed E-state index contributed by atoms with van der Waals surface area (Å²) in [6.07, 6.45) is 5.88. The quantitative estimate of drug-likeness (QED) is 0.890. The number of aryl methyl sites for hydroxylation is 1. The Hall–Kier alpha value is -0.880. The van der Waals surface area contributed by atoms with Gasteiger partial charge in [0.05, 0.1) is 11.9 Å². The van der Waals surface area contributed by atoms with Crippen LogP contribution in [0.3, 0.4) is 0 Å². The normalized spacial score (nSPS) is 23.9. The molecule has 0 unspecified atom stereocenters. The topological polar surface area (TPSA) is 72.9 Å². The molecule has 0 amide bonds. The lowest BCUT2D eigenvalue weighted by Gasteiger charge is -2.27. The van der Waals surface area contributed by atoms with E-state index in [4.69, 9.17) is 5.73 Å². The molecule has 18 heavy (non-hydrogen) atoms. The molecular formula is C12H19BrN4O. The highest BCUT2D eigenvalue weighted by Gasteiger charge is 2.19. The number of anilines is 1. The second kappa shape index (κ2) is 5.84. The molecule has 100 valence electrons. The highest BCUT2D eigenvalue weighted by molar-refractivity contribution is 9.10. The Morgan fingerprint density at radius 1 is 1.50 bits per heavy atom. The van der Waals surface area contributed by atoms with Crippen molar-refractivity contribution in [3.8, 4) is 0 Å². The number of hydrogen-bond donors (Lipinski definition) is 2. The van der Waals surface area contributed by atoms with Crippen molar-refractivity contribution in [2.45, 2.75) is 51.2 Å². The molecule has 0 radical (unpaired) electrons. The van der Waals surface area contributed by atoms with Crippen molar-refractivity contribution < 1.29 is 0 Å². The number of hydrogen-bond acceptors (Lipinski definition) is 4. The Labute approximate surface area is 115 Å². The summed E-state index contributed by atoms with van der Waals surface area (Å²) in [5.41, 5.74) is 6.57. The van der Waals surface area contributed by atoms with E-state index >= 15 is 0 Å². The largest absolute Gasteiger partial charge is 0.380 e. The van der Waals surface area contributed by atoms with E-state index in [1.165, 1.54) is 4.68 Å². The van der Waals surface area contributed by atoms with Crippen LogP contribution in [-0.2, 0) is 6.54 Å². The first kappa shape index (κ1) is 13.5. The molecule has 2 rings (SSSR count). The van der Waals surface area contributed by atoms with Crippen molar-refractivity contribution in [1.82, 2.24) is 9.78 Å². The van der Waals surface area contributed by atoms with Crippen LogP contribution in [0, 0.1) is 0 Å². The van der Waals surface area contributed by atoms with E-state index in [1.54, 1.807) is 6.20 Å². The van der Waals surface area contributed by atoms with Gasteiger partial charge >= 0.3 is 0 Å². The maximum absolute atomic E-state index is 11.9. The molecule has 1 aromatic rings. The number of rotatable bonds is 3. The van der Waals surface area contributed by atoms with E-state index in [0.29, 0.717) is 23.1 Å². The molecule has 5 nitrogen and oxygen atoms in total. The first-order valence-electron chi connectivity index (χ1n) is 6.39. The lowest BCUT2D eigenvalue weighted by atomic mass is 9.92. The van der Waals surface area contributed by atoms with Gasteiger partial charge in [0.2, 0.25) is 0 Å². The zero-order valence-electron chi connectivity index (χ0n) is 10.5. The summed E-state index contributed by atoms with van der Waals surface area (Å²) in [5.74, 6) is 0. The standard InChI is InChI=1S/C12H19BrN4O/c1-2-17-12(18)11(13)10(7-15-17)16-9-5-3-8(14)4-6-9/h7-9,16H,2-6,14H2,1H3. The van der Waals surface area contributed by atoms with Gasteiger partial charge in [0, 0.05) is 18.6 Å². The maximum atomic E-state index is 11.9. The van der Waals surface area contributed by atoms with Gasteiger partial charge in [-0.1, -0.05) is 0 Å². The molecular weight excluding hydrogens is 296 g/mol. The van der Waals surface area contributed by atoms with Crippen molar-refractivity contribution in [1.29, 1.82) is 0 Å². The van der Waals surface area contributed by atoms with E-state index in [-0.39, 0.29) is 5.56 Å². The third-order valence-corrected chi connectivity index (χ3v) is 4.18. The lowest BCUT2D eigenvalue weighted by molar-refractivity contribution is 0.410. The first-order chi connectivity index (χ1) is 8.61. The lowest BCUT2D eigenvalue weighted by Crippen LogP contribution is -2.33. The van der Waals surface area contributed by atoms with Gasteiger partial charge < -0.3 is 11.1 Å². The minimum Gasteiger partial charge on any atom is -0.380 e. The van der Waals surface area contributed by atoms with Crippen LogP contribution in [0.1, 0.15) is 32.6 Å². The number of halogens is 1. The fourth-order valence-electron chi connectivity index (χ4n) is 2.27. The monoisotopic (exact) mass is 314 g/mol. The minimum absolute atomic E-state index is 0.0880. The molecule has 1 fully saturated rings. The van der Waals surface area contributed by atoms with Crippen molar-refractivity contribution in [2.75, 3.05) is 5.32 Å². The molecule has 3 N–H and O–H groups in total. The molecule has 1 aliphatic carbocycles. The molecule has 0 aliphatic heterocycles. The summed E-state index contributed by atoms with van der Waals surface area (Å²) in [4.78, 5) is 11.9. The summed E-state index contributed by atoms with van der Waals surface area (Å²) >= 11 is 3.35. The predicted octanol–water partition coefficient (Wildman–Crippen LogP) is 1.71. The molecule has 1 aromatic heterocycles. The van der Waals surface area contributed by atoms with E-state index in [0.717, 1.165) is 31.4 Å².